The first-order valence-corrected chi connectivity index (χ1v) is 25.0. The summed E-state index contributed by atoms with van der Waals surface area (Å²) < 4.78 is 8.24. The molecule has 1 fully saturated rings. The van der Waals surface area contributed by atoms with E-state index in [1.165, 1.54) is 46.2 Å². The Bertz CT molecular complexity index is 3200. The van der Waals surface area contributed by atoms with Crippen molar-refractivity contribution >= 4 is 62.5 Å². The fourth-order valence-electron chi connectivity index (χ4n) is 9.07. The second-order valence-corrected chi connectivity index (χ2v) is 19.0. The number of carbonyl (C=O) groups is 3. The van der Waals surface area contributed by atoms with Gasteiger partial charge in [0.25, 0.3) is 11.8 Å². The van der Waals surface area contributed by atoms with Crippen molar-refractivity contribution in [2.45, 2.75) is 29.6 Å². The summed E-state index contributed by atoms with van der Waals surface area (Å²) in [6, 6.07) is 52.6. The summed E-state index contributed by atoms with van der Waals surface area (Å²) >= 11 is 2.69. The number of amides is 2. The van der Waals surface area contributed by atoms with E-state index in [1.807, 2.05) is 120 Å². The normalized spacial score (nSPS) is 15.7. The minimum absolute atomic E-state index is 0.00459. The second kappa shape index (κ2) is 20.8. The number of hydrogen-bond donors (Lipinski definition) is 4. The van der Waals surface area contributed by atoms with Crippen molar-refractivity contribution in [1.29, 1.82) is 0 Å². The topological polar surface area (TPSA) is 167 Å². The van der Waals surface area contributed by atoms with Crippen LogP contribution in [0.3, 0.4) is 0 Å². The molecule has 358 valence electrons. The van der Waals surface area contributed by atoms with E-state index in [9.17, 15) is 24.6 Å². The smallest absolute Gasteiger partial charge is 0.356 e. The first-order chi connectivity index (χ1) is 35.2. The molecule has 0 saturated carbocycles. The Labute approximate surface area is 423 Å². The van der Waals surface area contributed by atoms with Gasteiger partial charge in [-0.05, 0) is 45.3 Å². The van der Waals surface area contributed by atoms with Gasteiger partial charge in [0.15, 0.2) is 47.4 Å². The molecule has 1 unspecified atom stereocenters. The number of fused-ring (bicyclic) bond motifs is 2. The lowest BCUT2D eigenvalue weighted by atomic mass is 9.77. The van der Waals surface area contributed by atoms with Gasteiger partial charge < -0.3 is 30.4 Å². The van der Waals surface area contributed by atoms with Gasteiger partial charge in [0.05, 0.1) is 0 Å². The van der Waals surface area contributed by atoms with Crippen LogP contribution in [0.15, 0.2) is 217 Å². The maximum Gasteiger partial charge on any atom is 0.356 e. The highest BCUT2D eigenvalue weighted by Gasteiger charge is 2.55. The minimum Gasteiger partial charge on any atom is -0.504 e. The molecule has 8 aromatic rings. The molecular formula is C57H47N6O7S2+. The molecule has 2 atom stereocenters. The summed E-state index contributed by atoms with van der Waals surface area (Å²) in [7, 11) is 0. The third kappa shape index (κ3) is 9.42. The lowest BCUT2D eigenvalue weighted by Gasteiger charge is -2.49. The maximum atomic E-state index is 14.8. The molecule has 15 heteroatoms. The van der Waals surface area contributed by atoms with Gasteiger partial charge in [0.1, 0.15) is 35.0 Å². The number of oxime groups is 1. The van der Waals surface area contributed by atoms with Gasteiger partial charge in [-0.25, -0.2) is 14.3 Å². The summed E-state index contributed by atoms with van der Waals surface area (Å²) in [5, 5.41) is 34.1. The van der Waals surface area contributed by atoms with Gasteiger partial charge in [0.2, 0.25) is 0 Å². The van der Waals surface area contributed by atoms with Crippen molar-refractivity contribution in [3.05, 3.63) is 245 Å². The maximum absolute atomic E-state index is 14.8. The van der Waals surface area contributed by atoms with Crippen LogP contribution in [-0.2, 0) is 36.0 Å². The number of phenols is 2. The SMILES string of the molecule is C=CCON=C(C(=O)NC1C(=O)N2C(C(=O)OC(c3ccccc3)c3ccccc3)=C(C[n+]3ccc4cc(O)c(O)cc4c3)CS[C@H]12)c1csc(NC(c2ccccc2)(c2ccccc2)c2ccccc2)n1. The number of carbonyl (C=O) groups excluding carboxylic acids is 3. The molecule has 0 aliphatic carbocycles. The van der Waals surface area contributed by atoms with Gasteiger partial charge in [-0.15, -0.1) is 23.1 Å². The van der Waals surface area contributed by atoms with Crippen LogP contribution in [0.2, 0.25) is 0 Å². The van der Waals surface area contributed by atoms with Gasteiger partial charge in [-0.2, -0.15) is 0 Å². The Morgan fingerprint density at radius 1 is 0.819 bits per heavy atom. The molecule has 0 bridgehead atoms. The fraction of sp³-hybridized carbons (Fsp3) is 0.123. The molecule has 4 N–H and O–H groups in total. The van der Waals surface area contributed by atoms with E-state index in [-0.39, 0.29) is 41.8 Å². The van der Waals surface area contributed by atoms with Gasteiger partial charge >= 0.3 is 5.97 Å². The molecule has 4 heterocycles. The van der Waals surface area contributed by atoms with E-state index >= 15 is 0 Å². The number of benzene rings is 6. The number of rotatable bonds is 17. The molecular weight excluding hydrogens is 945 g/mol. The van der Waals surface area contributed by atoms with E-state index in [2.05, 4.69) is 58.8 Å². The quantitative estimate of drug-likeness (QED) is 0.00796. The third-order valence-electron chi connectivity index (χ3n) is 12.5. The van der Waals surface area contributed by atoms with E-state index < -0.39 is 40.8 Å². The number of phenolic OH excluding ortho intramolecular Hbond substituents is 2. The predicted molar refractivity (Wildman–Crippen MR) is 278 cm³/mol. The fourth-order valence-corrected chi connectivity index (χ4v) is 11.2. The average molecular weight is 992 g/mol. The van der Waals surface area contributed by atoms with E-state index in [4.69, 9.17) is 14.6 Å². The van der Waals surface area contributed by atoms with Gasteiger partial charge in [-0.3, -0.25) is 14.5 Å². The van der Waals surface area contributed by atoms with Crippen LogP contribution in [0.1, 0.15) is 39.6 Å². The van der Waals surface area contributed by atoms with Crippen molar-refractivity contribution in [3.8, 4) is 11.5 Å². The summed E-state index contributed by atoms with van der Waals surface area (Å²) in [5.41, 5.74) is 4.21. The molecule has 2 amide bonds. The van der Waals surface area contributed by atoms with Gasteiger partial charge in [0, 0.05) is 28.2 Å². The highest BCUT2D eigenvalue weighted by molar-refractivity contribution is 8.00. The van der Waals surface area contributed by atoms with Crippen molar-refractivity contribution in [1.82, 2.24) is 15.2 Å². The first kappa shape index (κ1) is 47.2. The van der Waals surface area contributed by atoms with Crippen LogP contribution in [0.5, 0.6) is 11.5 Å². The third-order valence-corrected chi connectivity index (χ3v) is 14.6. The summed E-state index contributed by atoms with van der Waals surface area (Å²) in [5.74, 6) is -2.14. The molecule has 13 nitrogen and oxygen atoms in total. The molecule has 10 rings (SSSR count). The summed E-state index contributed by atoms with van der Waals surface area (Å²) in [6.45, 7) is 3.91. The zero-order valence-corrected chi connectivity index (χ0v) is 40.2. The molecule has 2 aliphatic rings. The number of aromatic hydroxyl groups is 2. The molecule has 2 aliphatic heterocycles. The lowest BCUT2D eigenvalue weighted by molar-refractivity contribution is -0.687. The Balaban J connectivity index is 0.957. The van der Waals surface area contributed by atoms with Crippen LogP contribution in [0.4, 0.5) is 5.13 Å². The molecule has 2 aromatic heterocycles. The Kier molecular flexibility index (Phi) is 13.6. The Morgan fingerprint density at radius 3 is 1.94 bits per heavy atom. The van der Waals surface area contributed by atoms with Crippen molar-refractivity contribution in [3.63, 3.8) is 0 Å². The Morgan fingerprint density at radius 2 is 1.38 bits per heavy atom. The van der Waals surface area contributed by atoms with Crippen molar-refractivity contribution < 1.29 is 38.7 Å². The summed E-state index contributed by atoms with van der Waals surface area (Å²) in [4.78, 5) is 55.8. The highest BCUT2D eigenvalue weighted by Crippen LogP contribution is 2.43. The lowest BCUT2D eigenvalue weighted by Crippen LogP contribution is -2.71. The van der Waals surface area contributed by atoms with Crippen LogP contribution in [-0.4, -0.2) is 67.4 Å². The van der Waals surface area contributed by atoms with E-state index in [0.717, 1.165) is 27.8 Å². The largest absolute Gasteiger partial charge is 0.504 e. The molecule has 1 saturated heterocycles. The molecule has 0 spiro atoms. The number of hydrogen-bond acceptors (Lipinski definition) is 12. The number of aromatic nitrogens is 2. The Hall–Kier alpha value is -8.53. The number of thioether (sulfide) groups is 1. The second-order valence-electron chi connectivity index (χ2n) is 17.0. The monoisotopic (exact) mass is 991 g/mol. The van der Waals surface area contributed by atoms with Crippen molar-refractivity contribution in [2.24, 2.45) is 5.16 Å². The number of β-lactam (4-membered cyclic amide) rings is 1. The number of pyridine rings is 1. The summed E-state index contributed by atoms with van der Waals surface area (Å²) in [6.07, 6.45) is 4.28. The van der Waals surface area contributed by atoms with Crippen LogP contribution in [0.25, 0.3) is 10.8 Å². The first-order valence-electron chi connectivity index (χ1n) is 23.1. The number of thiazole rings is 1. The number of nitrogens with zero attached hydrogens (tertiary/aromatic N) is 4. The van der Waals surface area contributed by atoms with Crippen LogP contribution >= 0.6 is 23.1 Å². The molecule has 72 heavy (non-hydrogen) atoms. The number of nitrogens with one attached hydrogen (secondary N) is 2. The van der Waals surface area contributed by atoms with Crippen LogP contribution in [0, 0.1) is 0 Å². The van der Waals surface area contributed by atoms with E-state index in [0.29, 0.717) is 27.2 Å². The number of anilines is 1. The molecule has 0 radical (unpaired) electrons. The minimum atomic E-state index is -1.06. The van der Waals surface area contributed by atoms with E-state index in [1.54, 1.807) is 23.8 Å². The number of ether oxygens (including phenoxy) is 1. The zero-order chi connectivity index (χ0) is 49.6. The van der Waals surface area contributed by atoms with Crippen LogP contribution < -0.4 is 15.2 Å². The standard InChI is InChI=1S/C57H46N6O7S2/c1-2-30-69-61-48(45-36-72-56(58-45)60-57(42-22-12-5-13-23-42,43-24-14-6-15-25-43)44-26-16-7-17-27-44)52(66)59-49-53(67)63-50(55(68)70-51(37-18-8-3-9-19-37)38-20-10-4-11-21-38)41(35-71-54(49)63)34-62-29-28-39-31-46(64)47(65)32-40(39)33-62/h2-29,31-33,36,49,51,54H,1,30,34-35H2,(H3,58,59,60,65,66)/p+1/t49?,54-/m1/s1. The number of esters is 1. The van der Waals surface area contributed by atoms with Crippen molar-refractivity contribution in [2.75, 3.05) is 17.7 Å². The zero-order valence-electron chi connectivity index (χ0n) is 38.6. The average Bonchev–Trinajstić information content (AvgIpc) is 3.89. The van der Waals surface area contributed by atoms with Gasteiger partial charge in [-0.1, -0.05) is 169 Å². The molecule has 6 aromatic carbocycles. The predicted octanol–water partition coefficient (Wildman–Crippen LogP) is 8.99. The highest BCUT2D eigenvalue weighted by atomic mass is 32.2.